The van der Waals surface area contributed by atoms with Gasteiger partial charge in [-0.15, -0.1) is 0 Å². The van der Waals surface area contributed by atoms with Crippen molar-refractivity contribution in [2.45, 2.75) is 50.3 Å². The van der Waals surface area contributed by atoms with E-state index < -0.39 is 10.0 Å². The highest BCUT2D eigenvalue weighted by Gasteiger charge is 2.34. The summed E-state index contributed by atoms with van der Waals surface area (Å²) in [5, 5.41) is 5.60. The Kier molecular flexibility index (Phi) is 8.60. The number of benzene rings is 2. The summed E-state index contributed by atoms with van der Waals surface area (Å²) < 4.78 is 27.1. The molecule has 2 N–H and O–H groups in total. The molecule has 2 aliphatic heterocycles. The van der Waals surface area contributed by atoms with Crippen molar-refractivity contribution in [1.29, 1.82) is 0 Å². The molecule has 0 bridgehead atoms. The van der Waals surface area contributed by atoms with E-state index in [9.17, 15) is 22.8 Å². The lowest BCUT2D eigenvalue weighted by molar-refractivity contribution is -0.128. The average Bonchev–Trinajstić information content (AvgIpc) is 3.29. The van der Waals surface area contributed by atoms with Gasteiger partial charge in [-0.1, -0.05) is 19.8 Å². The van der Waals surface area contributed by atoms with Gasteiger partial charge < -0.3 is 15.5 Å². The van der Waals surface area contributed by atoms with Gasteiger partial charge in [0.15, 0.2) is 0 Å². The van der Waals surface area contributed by atoms with E-state index in [1.54, 1.807) is 41.3 Å². The molecule has 198 valence electrons. The number of anilines is 2. The second kappa shape index (κ2) is 11.9. The van der Waals surface area contributed by atoms with Crippen LogP contribution in [0.15, 0.2) is 53.4 Å². The van der Waals surface area contributed by atoms with Gasteiger partial charge in [-0.25, -0.2) is 8.42 Å². The van der Waals surface area contributed by atoms with E-state index in [1.807, 2.05) is 0 Å². The number of sulfonamides is 1. The van der Waals surface area contributed by atoms with Crippen LogP contribution in [0.4, 0.5) is 11.4 Å². The third kappa shape index (κ3) is 6.56. The van der Waals surface area contributed by atoms with Crippen molar-refractivity contribution in [2.24, 2.45) is 5.92 Å². The molecular formula is C27H34N4O5S. The standard InChI is InChI=1S/C27H34N4O5S/c1-2-3-15-30-19-21(18-25(30)32)27(34)29-22-9-7-20(8-10-22)26(33)28-23-11-13-24(14-12-23)37(35,36)31-16-5-4-6-17-31/h7-14,21H,2-6,15-19H2,1H3,(H,28,33)(H,29,34). The van der Waals surface area contributed by atoms with E-state index in [0.29, 0.717) is 43.1 Å². The molecule has 1 unspecified atom stereocenters. The quantitative estimate of drug-likeness (QED) is 0.517. The van der Waals surface area contributed by atoms with Crippen molar-refractivity contribution in [3.05, 3.63) is 54.1 Å². The first-order chi connectivity index (χ1) is 17.8. The summed E-state index contributed by atoms with van der Waals surface area (Å²) in [7, 11) is -3.53. The molecule has 0 aromatic heterocycles. The number of piperidine rings is 1. The number of rotatable bonds is 9. The highest BCUT2D eigenvalue weighted by atomic mass is 32.2. The molecule has 2 aliphatic rings. The van der Waals surface area contributed by atoms with Gasteiger partial charge in [-0.05, 0) is 67.8 Å². The Bertz CT molecular complexity index is 1220. The van der Waals surface area contributed by atoms with Gasteiger partial charge in [0.1, 0.15) is 0 Å². The zero-order valence-electron chi connectivity index (χ0n) is 21.1. The number of carbonyl (C=O) groups excluding carboxylic acids is 3. The van der Waals surface area contributed by atoms with Crippen LogP contribution in [0.2, 0.25) is 0 Å². The predicted molar refractivity (Wildman–Crippen MR) is 142 cm³/mol. The fourth-order valence-corrected chi connectivity index (χ4v) is 6.15. The van der Waals surface area contributed by atoms with Crippen LogP contribution in [0, 0.1) is 5.92 Å². The first kappa shape index (κ1) is 26.8. The number of amides is 3. The second-order valence-corrected chi connectivity index (χ2v) is 11.5. The number of hydrogen-bond donors (Lipinski definition) is 2. The zero-order valence-corrected chi connectivity index (χ0v) is 21.9. The lowest BCUT2D eigenvalue weighted by Crippen LogP contribution is -2.35. The van der Waals surface area contributed by atoms with E-state index in [4.69, 9.17) is 0 Å². The minimum absolute atomic E-state index is 0.0118. The number of nitrogens with zero attached hydrogens (tertiary/aromatic N) is 2. The molecule has 9 nitrogen and oxygen atoms in total. The molecular weight excluding hydrogens is 492 g/mol. The second-order valence-electron chi connectivity index (χ2n) is 9.60. The Hall–Kier alpha value is -3.24. The predicted octanol–water partition coefficient (Wildman–Crippen LogP) is 3.70. The molecule has 2 saturated heterocycles. The van der Waals surface area contributed by atoms with Crippen LogP contribution in [0.1, 0.15) is 55.8 Å². The topological polar surface area (TPSA) is 116 Å². The summed E-state index contributed by atoms with van der Waals surface area (Å²) in [4.78, 5) is 39.4. The Labute approximate surface area is 218 Å². The normalized spacial score (nSPS) is 18.6. The van der Waals surface area contributed by atoms with Gasteiger partial charge in [-0.2, -0.15) is 4.31 Å². The average molecular weight is 527 g/mol. The molecule has 2 fully saturated rings. The Morgan fingerprint density at radius 2 is 1.54 bits per heavy atom. The van der Waals surface area contributed by atoms with Crippen molar-refractivity contribution in [3.8, 4) is 0 Å². The third-order valence-electron chi connectivity index (χ3n) is 6.85. The first-order valence-corrected chi connectivity index (χ1v) is 14.3. The molecule has 1 atom stereocenters. The maximum absolute atomic E-state index is 12.8. The molecule has 2 aromatic carbocycles. The molecule has 0 radical (unpaired) electrons. The van der Waals surface area contributed by atoms with Crippen molar-refractivity contribution < 1.29 is 22.8 Å². The highest BCUT2D eigenvalue weighted by molar-refractivity contribution is 7.89. The summed E-state index contributed by atoms with van der Waals surface area (Å²) in [6.45, 7) is 4.25. The Balaban J connectivity index is 1.31. The van der Waals surface area contributed by atoms with Crippen LogP contribution in [0.5, 0.6) is 0 Å². The van der Waals surface area contributed by atoms with Gasteiger partial charge in [0.2, 0.25) is 21.8 Å². The monoisotopic (exact) mass is 526 g/mol. The molecule has 0 saturated carbocycles. The molecule has 2 aromatic rings. The van der Waals surface area contributed by atoms with Crippen LogP contribution in [-0.4, -0.2) is 61.5 Å². The highest BCUT2D eigenvalue weighted by Crippen LogP contribution is 2.23. The lowest BCUT2D eigenvalue weighted by Gasteiger charge is -2.25. The summed E-state index contributed by atoms with van der Waals surface area (Å²) >= 11 is 0. The van der Waals surface area contributed by atoms with Crippen LogP contribution in [0.25, 0.3) is 0 Å². The number of likely N-dealkylation sites (tertiary alicyclic amines) is 1. The number of carbonyl (C=O) groups is 3. The Morgan fingerprint density at radius 3 is 2.19 bits per heavy atom. The molecule has 0 aliphatic carbocycles. The smallest absolute Gasteiger partial charge is 0.255 e. The van der Waals surface area contributed by atoms with E-state index >= 15 is 0 Å². The van der Waals surface area contributed by atoms with E-state index in [2.05, 4.69) is 17.6 Å². The molecule has 10 heteroatoms. The Morgan fingerprint density at radius 1 is 0.919 bits per heavy atom. The van der Waals surface area contributed by atoms with Gasteiger partial charge in [-0.3, -0.25) is 14.4 Å². The number of unbranched alkanes of at least 4 members (excludes halogenated alkanes) is 1. The van der Waals surface area contributed by atoms with Crippen LogP contribution in [0.3, 0.4) is 0 Å². The summed E-state index contributed by atoms with van der Waals surface area (Å²) in [5.41, 5.74) is 1.43. The van der Waals surface area contributed by atoms with Gasteiger partial charge in [0.05, 0.1) is 10.8 Å². The largest absolute Gasteiger partial charge is 0.342 e. The van der Waals surface area contributed by atoms with Crippen LogP contribution >= 0.6 is 0 Å². The summed E-state index contributed by atoms with van der Waals surface area (Å²) in [6, 6.07) is 12.7. The van der Waals surface area contributed by atoms with E-state index in [-0.39, 0.29) is 35.0 Å². The van der Waals surface area contributed by atoms with Gasteiger partial charge >= 0.3 is 0 Å². The minimum Gasteiger partial charge on any atom is -0.342 e. The van der Waals surface area contributed by atoms with Crippen molar-refractivity contribution >= 4 is 39.1 Å². The molecule has 3 amide bonds. The minimum atomic E-state index is -3.53. The first-order valence-electron chi connectivity index (χ1n) is 12.9. The fraction of sp³-hybridized carbons (Fsp3) is 0.444. The summed E-state index contributed by atoms with van der Waals surface area (Å²) in [5.74, 6) is -0.923. The molecule has 4 rings (SSSR count). The summed E-state index contributed by atoms with van der Waals surface area (Å²) in [6.07, 6.45) is 4.91. The fourth-order valence-electron chi connectivity index (χ4n) is 4.63. The van der Waals surface area contributed by atoms with Crippen molar-refractivity contribution in [3.63, 3.8) is 0 Å². The maximum Gasteiger partial charge on any atom is 0.255 e. The third-order valence-corrected chi connectivity index (χ3v) is 8.76. The maximum atomic E-state index is 12.8. The van der Waals surface area contributed by atoms with E-state index in [1.165, 1.54) is 16.4 Å². The van der Waals surface area contributed by atoms with Gasteiger partial charge in [0, 0.05) is 49.5 Å². The van der Waals surface area contributed by atoms with Crippen molar-refractivity contribution in [1.82, 2.24) is 9.21 Å². The van der Waals surface area contributed by atoms with Crippen LogP contribution in [-0.2, 0) is 19.6 Å². The van der Waals surface area contributed by atoms with Crippen LogP contribution < -0.4 is 10.6 Å². The SMILES string of the molecule is CCCCN1CC(C(=O)Nc2ccc(C(=O)Nc3ccc(S(=O)(=O)N4CCCCC4)cc3)cc2)CC1=O. The number of hydrogen-bond acceptors (Lipinski definition) is 5. The van der Waals surface area contributed by atoms with Gasteiger partial charge in [0.25, 0.3) is 5.91 Å². The van der Waals surface area contributed by atoms with Crippen molar-refractivity contribution in [2.75, 3.05) is 36.8 Å². The number of nitrogens with one attached hydrogen (secondary N) is 2. The van der Waals surface area contributed by atoms with E-state index in [0.717, 1.165) is 32.1 Å². The molecule has 37 heavy (non-hydrogen) atoms. The lowest BCUT2D eigenvalue weighted by atomic mass is 10.1. The molecule has 2 heterocycles. The molecule has 0 spiro atoms. The zero-order chi connectivity index (χ0) is 26.4.